The number of rotatable bonds is 4. The molecule has 0 radical (unpaired) electrons. The average molecular weight is 346 g/mol. The van der Waals surface area contributed by atoms with E-state index < -0.39 is 0 Å². The lowest BCUT2D eigenvalue weighted by Crippen LogP contribution is -2.46. The summed E-state index contributed by atoms with van der Waals surface area (Å²) in [6.07, 6.45) is 4.05. The van der Waals surface area contributed by atoms with Gasteiger partial charge in [-0.05, 0) is 43.9 Å². The number of methoxy groups -OCH3 is 1. The standard InChI is InChI=1S/C18H20ClN3O2/c1-18(11-13-5-3-6-14(19)9-13)7-4-8-22(18)17(23)15-10-16(24-2)21-12-20-15/h3,5-6,9-10,12H,4,7-8,11H2,1-2H3. The van der Waals surface area contributed by atoms with Crippen LogP contribution in [0.1, 0.15) is 35.8 Å². The molecule has 126 valence electrons. The molecule has 1 amide bonds. The molecule has 24 heavy (non-hydrogen) atoms. The first kappa shape index (κ1) is 16.7. The molecule has 5 nitrogen and oxygen atoms in total. The van der Waals surface area contributed by atoms with Gasteiger partial charge in [-0.15, -0.1) is 0 Å². The van der Waals surface area contributed by atoms with Gasteiger partial charge in [-0.3, -0.25) is 4.79 Å². The number of likely N-dealkylation sites (tertiary alicyclic amines) is 1. The highest BCUT2D eigenvalue weighted by Crippen LogP contribution is 2.34. The zero-order valence-electron chi connectivity index (χ0n) is 13.8. The van der Waals surface area contributed by atoms with Gasteiger partial charge in [0, 0.05) is 23.2 Å². The smallest absolute Gasteiger partial charge is 0.273 e. The van der Waals surface area contributed by atoms with Gasteiger partial charge >= 0.3 is 0 Å². The number of halogens is 1. The van der Waals surface area contributed by atoms with Crippen LogP contribution >= 0.6 is 11.6 Å². The van der Waals surface area contributed by atoms with Crippen molar-refractivity contribution in [3.63, 3.8) is 0 Å². The van der Waals surface area contributed by atoms with Crippen molar-refractivity contribution in [2.45, 2.75) is 31.7 Å². The molecule has 1 atom stereocenters. The van der Waals surface area contributed by atoms with Crippen molar-refractivity contribution in [1.82, 2.24) is 14.9 Å². The minimum Gasteiger partial charge on any atom is -0.481 e. The van der Waals surface area contributed by atoms with Gasteiger partial charge in [-0.2, -0.15) is 0 Å². The summed E-state index contributed by atoms with van der Waals surface area (Å²) in [5.41, 5.74) is 1.24. The van der Waals surface area contributed by atoms with Crippen LogP contribution in [0.25, 0.3) is 0 Å². The van der Waals surface area contributed by atoms with E-state index in [1.165, 1.54) is 13.4 Å². The van der Waals surface area contributed by atoms with Crippen LogP contribution in [-0.4, -0.2) is 40.0 Å². The molecule has 6 heteroatoms. The summed E-state index contributed by atoms with van der Waals surface area (Å²) in [4.78, 5) is 22.9. The largest absolute Gasteiger partial charge is 0.481 e. The monoisotopic (exact) mass is 345 g/mol. The van der Waals surface area contributed by atoms with Crippen molar-refractivity contribution in [2.24, 2.45) is 0 Å². The van der Waals surface area contributed by atoms with Crippen LogP contribution in [0.15, 0.2) is 36.7 Å². The quantitative estimate of drug-likeness (QED) is 0.852. The van der Waals surface area contributed by atoms with Gasteiger partial charge in [0.15, 0.2) is 0 Å². The molecule has 1 aromatic heterocycles. The molecule has 3 rings (SSSR count). The fourth-order valence-electron chi connectivity index (χ4n) is 3.35. The maximum atomic E-state index is 12.9. The number of amides is 1. The number of hydrogen-bond donors (Lipinski definition) is 0. The first-order chi connectivity index (χ1) is 11.5. The number of hydrogen-bond acceptors (Lipinski definition) is 4. The molecule has 1 aromatic carbocycles. The van der Waals surface area contributed by atoms with E-state index in [0.29, 0.717) is 16.6 Å². The van der Waals surface area contributed by atoms with Crippen LogP contribution < -0.4 is 4.74 Å². The zero-order chi connectivity index (χ0) is 17.2. The van der Waals surface area contributed by atoms with Crippen molar-refractivity contribution in [3.05, 3.63) is 52.9 Å². The normalized spacial score (nSPS) is 20.2. The van der Waals surface area contributed by atoms with E-state index in [-0.39, 0.29) is 11.4 Å². The minimum atomic E-state index is -0.250. The molecular weight excluding hydrogens is 326 g/mol. The Morgan fingerprint density at radius 2 is 2.21 bits per heavy atom. The molecule has 1 unspecified atom stereocenters. The molecule has 1 saturated heterocycles. The number of benzene rings is 1. The van der Waals surface area contributed by atoms with E-state index in [0.717, 1.165) is 31.4 Å². The van der Waals surface area contributed by atoms with Gasteiger partial charge in [0.05, 0.1) is 7.11 Å². The highest BCUT2D eigenvalue weighted by atomic mass is 35.5. The summed E-state index contributed by atoms with van der Waals surface area (Å²) in [5, 5.41) is 0.715. The van der Waals surface area contributed by atoms with E-state index in [4.69, 9.17) is 16.3 Å². The molecule has 1 fully saturated rings. The number of carbonyl (C=O) groups is 1. The number of ether oxygens (including phenoxy) is 1. The summed E-state index contributed by atoms with van der Waals surface area (Å²) in [6, 6.07) is 9.39. The Morgan fingerprint density at radius 1 is 1.38 bits per heavy atom. The molecule has 1 aliphatic rings. The second-order valence-corrected chi connectivity index (χ2v) is 6.75. The van der Waals surface area contributed by atoms with Crippen LogP contribution in [0.4, 0.5) is 0 Å². The highest BCUT2D eigenvalue weighted by Gasteiger charge is 2.40. The van der Waals surface area contributed by atoms with Gasteiger partial charge in [-0.1, -0.05) is 23.7 Å². The van der Waals surface area contributed by atoms with Gasteiger partial charge in [0.25, 0.3) is 5.91 Å². The maximum Gasteiger partial charge on any atom is 0.273 e. The zero-order valence-corrected chi connectivity index (χ0v) is 14.6. The molecule has 0 spiro atoms. The third-order valence-corrected chi connectivity index (χ3v) is 4.77. The lowest BCUT2D eigenvalue weighted by Gasteiger charge is -2.35. The number of aromatic nitrogens is 2. The Hall–Kier alpha value is -2.14. The van der Waals surface area contributed by atoms with Crippen molar-refractivity contribution in [2.75, 3.05) is 13.7 Å². The Labute approximate surface area is 146 Å². The van der Waals surface area contributed by atoms with E-state index in [9.17, 15) is 4.79 Å². The summed E-state index contributed by atoms with van der Waals surface area (Å²) >= 11 is 6.09. The van der Waals surface area contributed by atoms with Gasteiger partial charge in [0.1, 0.15) is 12.0 Å². The van der Waals surface area contributed by atoms with Crippen molar-refractivity contribution in [3.8, 4) is 5.88 Å². The average Bonchev–Trinajstić information content (AvgIpc) is 2.95. The molecular formula is C18H20ClN3O2. The van der Waals surface area contributed by atoms with E-state index in [1.807, 2.05) is 29.2 Å². The second kappa shape index (κ2) is 6.77. The predicted molar refractivity (Wildman–Crippen MR) is 92.4 cm³/mol. The Kier molecular flexibility index (Phi) is 4.71. The van der Waals surface area contributed by atoms with E-state index >= 15 is 0 Å². The van der Waals surface area contributed by atoms with Gasteiger partial charge in [0.2, 0.25) is 5.88 Å². The maximum absolute atomic E-state index is 12.9. The van der Waals surface area contributed by atoms with Crippen molar-refractivity contribution in [1.29, 1.82) is 0 Å². The second-order valence-electron chi connectivity index (χ2n) is 6.31. The van der Waals surface area contributed by atoms with E-state index in [1.54, 1.807) is 6.07 Å². The first-order valence-corrected chi connectivity index (χ1v) is 8.32. The minimum absolute atomic E-state index is 0.0854. The van der Waals surface area contributed by atoms with Gasteiger partial charge < -0.3 is 9.64 Å². The SMILES string of the molecule is COc1cc(C(=O)N2CCCC2(C)Cc2cccc(Cl)c2)ncn1. The lowest BCUT2D eigenvalue weighted by atomic mass is 9.90. The fraction of sp³-hybridized carbons (Fsp3) is 0.389. The van der Waals surface area contributed by atoms with Crippen LogP contribution in [0.2, 0.25) is 5.02 Å². The summed E-state index contributed by atoms with van der Waals surface area (Å²) in [7, 11) is 1.52. The summed E-state index contributed by atoms with van der Waals surface area (Å²) in [6.45, 7) is 2.85. The Balaban J connectivity index is 1.84. The van der Waals surface area contributed by atoms with E-state index in [2.05, 4.69) is 16.9 Å². The predicted octanol–water partition coefficient (Wildman–Crippen LogP) is 3.38. The van der Waals surface area contributed by atoms with Crippen LogP contribution in [0.5, 0.6) is 5.88 Å². The molecule has 0 N–H and O–H groups in total. The fourth-order valence-corrected chi connectivity index (χ4v) is 3.56. The topological polar surface area (TPSA) is 55.3 Å². The van der Waals surface area contributed by atoms with Gasteiger partial charge in [-0.25, -0.2) is 9.97 Å². The molecule has 0 aliphatic carbocycles. The molecule has 0 bridgehead atoms. The van der Waals surface area contributed by atoms with Crippen LogP contribution in [0, 0.1) is 0 Å². The van der Waals surface area contributed by atoms with Crippen LogP contribution in [0.3, 0.4) is 0 Å². The van der Waals surface area contributed by atoms with Crippen molar-refractivity contribution < 1.29 is 9.53 Å². The Bertz CT molecular complexity index is 753. The third kappa shape index (κ3) is 3.36. The summed E-state index contributed by atoms with van der Waals surface area (Å²) in [5.74, 6) is 0.307. The molecule has 0 saturated carbocycles. The first-order valence-electron chi connectivity index (χ1n) is 7.94. The molecule has 1 aliphatic heterocycles. The molecule has 2 heterocycles. The van der Waals surface area contributed by atoms with Crippen LogP contribution in [-0.2, 0) is 6.42 Å². The number of carbonyl (C=O) groups excluding carboxylic acids is 1. The summed E-state index contributed by atoms with van der Waals surface area (Å²) < 4.78 is 5.09. The third-order valence-electron chi connectivity index (χ3n) is 4.54. The molecule has 2 aromatic rings. The Morgan fingerprint density at radius 3 is 2.96 bits per heavy atom. The lowest BCUT2D eigenvalue weighted by molar-refractivity contribution is 0.0617. The number of nitrogens with zero attached hydrogens (tertiary/aromatic N) is 3. The van der Waals surface area contributed by atoms with Crippen molar-refractivity contribution >= 4 is 17.5 Å². The highest BCUT2D eigenvalue weighted by molar-refractivity contribution is 6.30.